The van der Waals surface area contributed by atoms with Crippen molar-refractivity contribution in [3.05, 3.63) is 46.0 Å². The number of aliphatic hydroxyl groups excluding tert-OH is 1. The summed E-state index contributed by atoms with van der Waals surface area (Å²) in [6.45, 7) is -0.603. The fourth-order valence-corrected chi connectivity index (χ4v) is 6.58. The van der Waals surface area contributed by atoms with E-state index >= 15 is 0 Å². The molecule has 7 heterocycles. The number of furan rings is 1. The van der Waals surface area contributed by atoms with Crippen molar-refractivity contribution < 1.29 is 57.0 Å². The zero-order valence-electron chi connectivity index (χ0n) is 22.4. The predicted octanol–water partition coefficient (Wildman–Crippen LogP) is -3.73. The van der Waals surface area contributed by atoms with Gasteiger partial charge in [0.15, 0.2) is 0 Å². The molecule has 0 radical (unpaired) electrons. The maximum atomic E-state index is 12.3. The van der Waals surface area contributed by atoms with Crippen LogP contribution in [0.5, 0.6) is 11.5 Å². The van der Waals surface area contributed by atoms with E-state index in [1.54, 1.807) is 0 Å². The van der Waals surface area contributed by atoms with Gasteiger partial charge < -0.3 is 0 Å². The number of anilines is 1. The van der Waals surface area contributed by atoms with Gasteiger partial charge in [-0.2, -0.15) is 0 Å². The van der Waals surface area contributed by atoms with Crippen molar-refractivity contribution in [1.29, 1.82) is 0 Å². The Balaban J connectivity index is 1.27. The number of H-pyrrole nitrogens is 1. The summed E-state index contributed by atoms with van der Waals surface area (Å²) in [5.41, 5.74) is 13.6. The van der Waals surface area contributed by atoms with Crippen LogP contribution in [0.25, 0.3) is 17.0 Å². The molecule has 244 valence electrons. The van der Waals surface area contributed by atoms with E-state index in [1.807, 2.05) is 0 Å². The number of nitrogens with zero attached hydrogens (tertiary/aromatic N) is 4. The van der Waals surface area contributed by atoms with Gasteiger partial charge in [0.1, 0.15) is 0 Å². The Kier molecular flexibility index (Phi) is 6.88. The summed E-state index contributed by atoms with van der Waals surface area (Å²) >= 11 is 0. The number of hydrazone groups is 1. The molecule has 1 fully saturated rings. The monoisotopic (exact) mass is 676 g/mol. The van der Waals surface area contributed by atoms with Crippen molar-refractivity contribution >= 4 is 45.0 Å². The third kappa shape index (κ3) is 5.10. The van der Waals surface area contributed by atoms with Gasteiger partial charge in [0.2, 0.25) is 0 Å². The number of hydrogen-bond acceptors (Lipinski definition) is 21. The topological polar surface area (TPSA) is 345 Å². The molecule has 0 aliphatic carbocycles. The first-order valence-corrected chi connectivity index (χ1v) is 16.3. The number of nitrogen functional groups attached to an aromatic ring is 1. The van der Waals surface area contributed by atoms with Gasteiger partial charge >= 0.3 is 249 Å². The summed E-state index contributed by atoms with van der Waals surface area (Å²) in [5.74, 6) is -4.23. The van der Waals surface area contributed by atoms with Crippen LogP contribution < -0.4 is 37.6 Å². The number of nitrogens with two attached hydrogens (primary N) is 2. The number of nitrogens with one attached hydrogen (secondary N) is 4. The number of aromatic hydroxyl groups is 1. The minimum atomic E-state index is -5.31. The Hall–Kier alpha value is -4.12. The van der Waals surface area contributed by atoms with E-state index in [4.69, 9.17) is 38.7 Å². The van der Waals surface area contributed by atoms with Crippen LogP contribution in [0.3, 0.4) is 0 Å². The van der Waals surface area contributed by atoms with E-state index in [1.165, 1.54) is 0 Å². The molecule has 3 aromatic rings. The quantitative estimate of drug-likeness (QED) is 0.116. The molecular weight excluding hydrogens is 650 g/mol. The molecule has 45 heavy (non-hydrogen) atoms. The summed E-state index contributed by atoms with van der Waals surface area (Å²) < 4.78 is 33.0. The summed E-state index contributed by atoms with van der Waals surface area (Å²) in [4.78, 5) is 65.3. The van der Waals surface area contributed by atoms with E-state index in [9.17, 15) is 34.6 Å². The Morgan fingerprint density at radius 3 is 2.73 bits per heavy atom. The molecule has 4 aliphatic rings. The van der Waals surface area contributed by atoms with Crippen molar-refractivity contribution in [2.24, 2.45) is 10.8 Å². The summed E-state index contributed by atoms with van der Waals surface area (Å²) in [5, 5.41) is 32.2. The van der Waals surface area contributed by atoms with Gasteiger partial charge in [-0.25, -0.2) is 0 Å². The zero-order chi connectivity index (χ0) is 31.8. The fraction of sp³-hybridized carbons (Fsp3) is 0.300. The summed E-state index contributed by atoms with van der Waals surface area (Å²) in [6, 6.07) is -1.02. The van der Waals surface area contributed by atoms with Crippen LogP contribution >= 0.6 is 16.3 Å². The average Bonchev–Trinajstić information content (AvgIpc) is 3.72. The molecule has 0 spiro atoms. The van der Waals surface area contributed by atoms with E-state index in [0.29, 0.717) is 6.26 Å². The predicted molar refractivity (Wildman–Crippen MR) is 151 cm³/mol. The first-order chi connectivity index (χ1) is 21.3. The molecule has 23 nitrogen and oxygen atoms in total. The van der Waals surface area contributed by atoms with Crippen LogP contribution in [-0.2, 0) is 24.9 Å². The number of aromatic nitrogens is 4. The molecule has 7 rings (SSSR count). The Morgan fingerprint density at radius 1 is 1.13 bits per heavy atom. The third-order valence-electron chi connectivity index (χ3n) is 6.96. The van der Waals surface area contributed by atoms with Gasteiger partial charge in [-0.3, -0.25) is 0 Å². The molecule has 0 saturated carbocycles. The molecule has 0 amide bonds. The Bertz CT molecular complexity index is 1850. The number of fused-ring (bicyclic) bond motifs is 5. The maximum absolute atomic E-state index is 12.3. The SMILES string of the molecule is Nc1nc2c(ncn2C2=C3O[PH](O)(O)OCc4oc(C5=NNC6C5NCN[C@H]6N)c(O)c4O[PH](O)(O)O/C=C(/O2)[C@H]3O)c(=O)[nH]1. The number of aromatic amines is 1. The Labute approximate surface area is 249 Å². The molecule has 4 aliphatic heterocycles. The number of rotatable bonds is 2. The molecule has 14 N–H and O–H groups in total. The van der Waals surface area contributed by atoms with Gasteiger partial charge in [-0.05, 0) is 0 Å². The molecule has 2 unspecified atom stereocenters. The molecular formula is C20H26N10O13P2. The van der Waals surface area contributed by atoms with Gasteiger partial charge in [-0.15, -0.1) is 0 Å². The number of aliphatic hydroxyl groups is 1. The molecule has 3 aromatic heterocycles. The first-order valence-electron chi connectivity index (χ1n) is 12.8. The van der Waals surface area contributed by atoms with Crippen molar-refractivity contribution in [1.82, 2.24) is 35.6 Å². The van der Waals surface area contributed by atoms with Crippen LogP contribution in [0.4, 0.5) is 5.95 Å². The van der Waals surface area contributed by atoms with E-state index < -0.39 is 87.5 Å². The van der Waals surface area contributed by atoms with Gasteiger partial charge in [0.05, 0.1) is 0 Å². The number of imidazole rings is 1. The standard InChI is InChI=1S/C20H26N10O13P2/c21-16-9-7(23-3-24-16)8(28-29-9)14-12(32)13-6(40-14)2-39-45(36,37)43-15-11(31)5(1-38-44(34,35)42-13)41-19(15)30-4-25-10-17(30)26-20(22)27-18(10)33/h1,4,7,9,11,16,23-24,29,31-32,34-37,44-45H,2-3,21H2,(H3,22,26,27,33)/b5-1+/t7?,9?,11-,16-/m1/s1. The van der Waals surface area contributed by atoms with Crippen LogP contribution in [0, 0.1) is 0 Å². The van der Waals surface area contributed by atoms with Crippen LogP contribution in [0.15, 0.2) is 38.4 Å². The molecule has 0 aromatic carbocycles. The van der Waals surface area contributed by atoms with Crippen molar-refractivity contribution in [2.75, 3.05) is 12.4 Å². The first kappa shape index (κ1) is 29.6. The number of hydrogen-bond donors (Lipinski definition) is 12. The van der Waals surface area contributed by atoms with Crippen molar-refractivity contribution in [2.45, 2.75) is 31.0 Å². The molecule has 1 saturated heterocycles. The second-order valence-corrected chi connectivity index (χ2v) is 13.0. The van der Waals surface area contributed by atoms with Crippen LogP contribution in [-0.4, -0.2) is 86.0 Å². The van der Waals surface area contributed by atoms with Gasteiger partial charge in [0.25, 0.3) is 0 Å². The summed E-state index contributed by atoms with van der Waals surface area (Å²) in [7, 11) is -10.6. The average molecular weight is 676 g/mol. The minimum absolute atomic E-state index is 0.135. The normalized spacial score (nSPS) is 29.8. The van der Waals surface area contributed by atoms with Gasteiger partial charge in [0, 0.05) is 0 Å². The van der Waals surface area contributed by atoms with Crippen LogP contribution in [0.1, 0.15) is 11.5 Å². The fourth-order valence-electron chi connectivity index (χ4n) is 4.92. The second-order valence-electron chi connectivity index (χ2n) is 9.91. The summed E-state index contributed by atoms with van der Waals surface area (Å²) in [6.07, 6.45) is -0.884. The van der Waals surface area contributed by atoms with Gasteiger partial charge in [-0.1, -0.05) is 0 Å². The van der Waals surface area contributed by atoms with E-state index in [-0.39, 0.29) is 35.3 Å². The van der Waals surface area contributed by atoms with Crippen LogP contribution in [0.2, 0.25) is 0 Å². The zero-order valence-corrected chi connectivity index (χ0v) is 24.4. The molecule has 25 heteroatoms. The van der Waals surface area contributed by atoms with E-state index in [0.717, 1.165) is 10.9 Å². The molecule has 4 atom stereocenters. The van der Waals surface area contributed by atoms with Crippen molar-refractivity contribution in [3.8, 4) is 11.5 Å². The van der Waals surface area contributed by atoms with E-state index in [2.05, 4.69) is 36.1 Å². The van der Waals surface area contributed by atoms with Crippen molar-refractivity contribution in [3.63, 3.8) is 0 Å². The third-order valence-corrected chi connectivity index (χ3v) is 8.86. The number of ether oxygens (including phenoxy) is 1. The molecule has 2 bridgehead atoms. The Morgan fingerprint density at radius 2 is 1.93 bits per heavy atom. The second kappa shape index (κ2) is 10.5.